The normalized spacial score (nSPS) is 16.1. The Morgan fingerprint density at radius 1 is 1.17 bits per heavy atom. The van der Waals surface area contributed by atoms with Gasteiger partial charge < -0.3 is 28.8 Å². The third kappa shape index (κ3) is 4.01. The second-order valence-corrected chi connectivity index (χ2v) is 9.14. The molecule has 5 heterocycles. The van der Waals surface area contributed by atoms with Gasteiger partial charge in [0.15, 0.2) is 0 Å². The van der Waals surface area contributed by atoms with Crippen LogP contribution in [0.4, 0.5) is 0 Å². The van der Waals surface area contributed by atoms with E-state index in [0.717, 1.165) is 56.8 Å². The molecule has 0 saturated carbocycles. The van der Waals surface area contributed by atoms with Crippen molar-refractivity contribution in [3.8, 4) is 17.0 Å². The van der Waals surface area contributed by atoms with Crippen molar-refractivity contribution < 1.29 is 14.3 Å². The lowest BCUT2D eigenvalue weighted by Gasteiger charge is -2.27. The maximum Gasteiger partial charge on any atom is 0.242 e. The first kappa shape index (κ1) is 22.4. The number of likely N-dealkylation sites (N-methyl/N-ethyl adjacent to an activating group) is 1. The Balaban J connectivity index is 1.44. The molecule has 184 valence electrons. The number of aromatic amines is 1. The standard InChI is InChI=1S/C27H28N6O3/c1-31-7-3-4-18(14-31)26-21-13-23(30-27(21)29-17-28-26)22-15-33(16-25(34)32-8-10-36-11-9-32)24-6-5-19(35-2)12-20(22)24/h3-6,12-15,17H,7-11,16H2,1-2H3,(H,28,29,30). The number of fused-ring (bicyclic) bond motifs is 2. The van der Waals surface area contributed by atoms with Gasteiger partial charge in [0, 0.05) is 72.2 Å². The molecule has 9 heteroatoms. The number of allylic oxidation sites excluding steroid dienone is 2. The van der Waals surface area contributed by atoms with Crippen LogP contribution in [0.5, 0.6) is 5.75 Å². The Kier molecular flexibility index (Phi) is 5.69. The number of morpholine rings is 1. The van der Waals surface area contributed by atoms with E-state index < -0.39 is 0 Å². The van der Waals surface area contributed by atoms with E-state index in [0.29, 0.717) is 26.3 Å². The van der Waals surface area contributed by atoms with E-state index in [1.54, 1.807) is 13.4 Å². The van der Waals surface area contributed by atoms with Gasteiger partial charge in [0.1, 0.15) is 24.3 Å². The minimum atomic E-state index is 0.0857. The van der Waals surface area contributed by atoms with E-state index in [4.69, 9.17) is 9.47 Å². The second-order valence-electron chi connectivity index (χ2n) is 9.14. The number of carbonyl (C=O) groups is 1. The molecular formula is C27H28N6O3. The first-order valence-corrected chi connectivity index (χ1v) is 12.1. The Morgan fingerprint density at radius 3 is 2.83 bits per heavy atom. The highest BCUT2D eigenvalue weighted by atomic mass is 16.5. The molecule has 0 atom stereocenters. The SMILES string of the molecule is COc1ccc2c(c1)c(-c1cc3c(C4=CN(C)CC=C4)ncnc3[nH]1)cn2CC(=O)N1CCOCC1. The van der Waals surface area contributed by atoms with E-state index in [-0.39, 0.29) is 12.5 Å². The van der Waals surface area contributed by atoms with E-state index >= 15 is 0 Å². The number of ether oxygens (including phenoxy) is 2. The van der Waals surface area contributed by atoms with Crippen molar-refractivity contribution in [2.45, 2.75) is 6.54 Å². The number of aromatic nitrogens is 4. The average molecular weight is 485 g/mol. The summed E-state index contributed by atoms with van der Waals surface area (Å²) in [5, 5.41) is 1.95. The van der Waals surface area contributed by atoms with Gasteiger partial charge in [-0.1, -0.05) is 12.2 Å². The minimum absolute atomic E-state index is 0.0857. The van der Waals surface area contributed by atoms with Crippen molar-refractivity contribution in [3.05, 3.63) is 60.8 Å². The molecule has 2 aliphatic rings. The number of nitrogens with zero attached hydrogens (tertiary/aromatic N) is 5. The Bertz CT molecular complexity index is 1510. The number of rotatable bonds is 5. The number of benzene rings is 1. The summed E-state index contributed by atoms with van der Waals surface area (Å²) in [6.45, 7) is 3.56. The molecule has 3 aromatic heterocycles. The highest BCUT2D eigenvalue weighted by Gasteiger charge is 2.21. The predicted molar refractivity (Wildman–Crippen MR) is 139 cm³/mol. The highest BCUT2D eigenvalue weighted by Crippen LogP contribution is 2.35. The zero-order valence-electron chi connectivity index (χ0n) is 20.4. The lowest BCUT2D eigenvalue weighted by molar-refractivity contribution is -0.135. The molecule has 9 nitrogen and oxygen atoms in total. The number of methoxy groups -OCH3 is 1. The predicted octanol–water partition coefficient (Wildman–Crippen LogP) is 3.29. The van der Waals surface area contributed by atoms with Crippen LogP contribution >= 0.6 is 0 Å². The smallest absolute Gasteiger partial charge is 0.242 e. The van der Waals surface area contributed by atoms with E-state index in [1.807, 2.05) is 40.9 Å². The minimum Gasteiger partial charge on any atom is -0.497 e. The summed E-state index contributed by atoms with van der Waals surface area (Å²) in [4.78, 5) is 29.6. The number of amides is 1. The van der Waals surface area contributed by atoms with Crippen LogP contribution in [0.1, 0.15) is 5.69 Å². The number of hydrogen-bond donors (Lipinski definition) is 1. The molecule has 0 aliphatic carbocycles. The van der Waals surface area contributed by atoms with Crippen LogP contribution in [-0.2, 0) is 16.1 Å². The van der Waals surface area contributed by atoms with E-state index in [2.05, 4.69) is 44.3 Å². The molecule has 2 aliphatic heterocycles. The van der Waals surface area contributed by atoms with Gasteiger partial charge in [0.2, 0.25) is 5.91 Å². The maximum absolute atomic E-state index is 13.0. The zero-order valence-corrected chi connectivity index (χ0v) is 20.4. The summed E-state index contributed by atoms with van der Waals surface area (Å²) in [7, 11) is 3.71. The average Bonchev–Trinajstić information content (AvgIpc) is 3.50. The van der Waals surface area contributed by atoms with Gasteiger partial charge in [-0.2, -0.15) is 0 Å². The lowest BCUT2D eigenvalue weighted by atomic mass is 10.1. The van der Waals surface area contributed by atoms with Crippen LogP contribution in [0.2, 0.25) is 0 Å². The zero-order chi connectivity index (χ0) is 24.6. The van der Waals surface area contributed by atoms with Crippen molar-refractivity contribution in [3.63, 3.8) is 0 Å². The fourth-order valence-corrected chi connectivity index (χ4v) is 4.94. The van der Waals surface area contributed by atoms with Crippen molar-refractivity contribution >= 4 is 33.4 Å². The Labute approximate surface area is 208 Å². The van der Waals surface area contributed by atoms with Gasteiger partial charge in [-0.15, -0.1) is 0 Å². The summed E-state index contributed by atoms with van der Waals surface area (Å²) in [6, 6.07) is 8.04. The molecule has 1 amide bonds. The van der Waals surface area contributed by atoms with Crippen molar-refractivity contribution in [2.24, 2.45) is 0 Å². The summed E-state index contributed by atoms with van der Waals surface area (Å²) < 4.78 is 12.9. The summed E-state index contributed by atoms with van der Waals surface area (Å²) in [5.74, 6) is 0.848. The third-order valence-electron chi connectivity index (χ3n) is 6.80. The van der Waals surface area contributed by atoms with Gasteiger partial charge in [-0.3, -0.25) is 4.79 Å². The fourth-order valence-electron chi connectivity index (χ4n) is 4.94. The first-order valence-electron chi connectivity index (χ1n) is 12.1. The number of nitrogens with one attached hydrogen (secondary N) is 1. The molecule has 1 aromatic carbocycles. The van der Waals surface area contributed by atoms with Crippen LogP contribution in [0.25, 0.3) is 38.8 Å². The molecule has 0 spiro atoms. The topological polar surface area (TPSA) is 88.5 Å². The molecule has 1 saturated heterocycles. The molecule has 0 unspecified atom stereocenters. The van der Waals surface area contributed by atoms with Crippen LogP contribution in [0.15, 0.2) is 55.1 Å². The van der Waals surface area contributed by atoms with Crippen molar-refractivity contribution in [1.82, 2.24) is 29.3 Å². The number of H-pyrrole nitrogens is 1. The summed E-state index contributed by atoms with van der Waals surface area (Å²) in [6.07, 6.45) is 9.95. The molecule has 1 fully saturated rings. The monoisotopic (exact) mass is 484 g/mol. The number of hydrogen-bond acceptors (Lipinski definition) is 6. The molecule has 36 heavy (non-hydrogen) atoms. The highest BCUT2D eigenvalue weighted by molar-refractivity contribution is 6.01. The molecular weight excluding hydrogens is 456 g/mol. The Morgan fingerprint density at radius 2 is 2.03 bits per heavy atom. The van der Waals surface area contributed by atoms with Gasteiger partial charge in [-0.05, 0) is 24.3 Å². The molecule has 0 radical (unpaired) electrons. The van der Waals surface area contributed by atoms with E-state index in [9.17, 15) is 4.79 Å². The lowest BCUT2D eigenvalue weighted by Crippen LogP contribution is -2.42. The van der Waals surface area contributed by atoms with E-state index in [1.165, 1.54) is 0 Å². The quantitative estimate of drug-likeness (QED) is 0.468. The Hall–Kier alpha value is -4.11. The third-order valence-corrected chi connectivity index (χ3v) is 6.80. The van der Waals surface area contributed by atoms with Crippen LogP contribution in [0.3, 0.4) is 0 Å². The summed E-state index contributed by atoms with van der Waals surface area (Å²) >= 11 is 0. The van der Waals surface area contributed by atoms with Crippen LogP contribution < -0.4 is 4.74 Å². The fraction of sp³-hybridized carbons (Fsp3) is 0.296. The number of carbonyl (C=O) groups excluding carboxylic acids is 1. The molecule has 4 aromatic rings. The van der Waals surface area contributed by atoms with Gasteiger partial charge >= 0.3 is 0 Å². The van der Waals surface area contributed by atoms with Crippen molar-refractivity contribution in [1.29, 1.82) is 0 Å². The van der Waals surface area contributed by atoms with Crippen molar-refractivity contribution in [2.75, 3.05) is 47.0 Å². The van der Waals surface area contributed by atoms with Gasteiger partial charge in [0.05, 0.1) is 26.0 Å². The molecule has 0 bridgehead atoms. The molecule has 6 rings (SSSR count). The van der Waals surface area contributed by atoms with Gasteiger partial charge in [0.25, 0.3) is 0 Å². The summed E-state index contributed by atoms with van der Waals surface area (Å²) in [5.41, 5.74) is 5.56. The first-order chi connectivity index (χ1) is 17.6. The largest absolute Gasteiger partial charge is 0.497 e. The van der Waals surface area contributed by atoms with Crippen LogP contribution in [0, 0.1) is 0 Å². The molecule has 1 N–H and O–H groups in total. The van der Waals surface area contributed by atoms with Crippen LogP contribution in [-0.4, -0.2) is 82.2 Å². The maximum atomic E-state index is 13.0. The second kappa shape index (κ2) is 9.16. The van der Waals surface area contributed by atoms with Gasteiger partial charge in [-0.25, -0.2) is 9.97 Å².